The lowest BCUT2D eigenvalue weighted by atomic mass is 10.1. The molecule has 19 heavy (non-hydrogen) atoms. The van der Waals surface area contributed by atoms with Crippen molar-refractivity contribution < 1.29 is 9.47 Å². The molecule has 0 aromatic heterocycles. The fourth-order valence-electron chi connectivity index (χ4n) is 1.88. The van der Waals surface area contributed by atoms with Gasteiger partial charge in [0.25, 0.3) is 0 Å². The molecular weight excluding hydrogens is 304 g/mol. The number of hydrogen-bond donors (Lipinski definition) is 0. The molecule has 0 atom stereocenters. The average molecular weight is 321 g/mol. The molecule has 0 spiro atoms. The lowest BCUT2D eigenvalue weighted by molar-refractivity contribution is 0.284. The lowest BCUT2D eigenvalue weighted by Crippen LogP contribution is -1.98. The molecule has 2 nitrogen and oxygen atoms in total. The molecule has 3 heteroatoms. The molecule has 2 aromatic carbocycles. The van der Waals surface area contributed by atoms with Gasteiger partial charge in [-0.3, -0.25) is 0 Å². The molecule has 0 bridgehead atoms. The highest BCUT2D eigenvalue weighted by molar-refractivity contribution is 9.08. The number of rotatable bonds is 5. The minimum Gasteiger partial charge on any atom is -0.493 e. The third-order valence-electron chi connectivity index (χ3n) is 2.86. The predicted molar refractivity (Wildman–Crippen MR) is 81.1 cm³/mol. The maximum atomic E-state index is 5.83. The Kier molecular flexibility index (Phi) is 4.86. The van der Waals surface area contributed by atoms with Crippen LogP contribution in [0.5, 0.6) is 11.5 Å². The predicted octanol–water partition coefficient (Wildman–Crippen LogP) is 4.48. The van der Waals surface area contributed by atoms with Crippen molar-refractivity contribution in [3.8, 4) is 11.5 Å². The Labute approximate surface area is 122 Å². The first-order chi connectivity index (χ1) is 9.22. The number of halogens is 1. The summed E-state index contributed by atoms with van der Waals surface area (Å²) in [5.74, 6) is 1.54. The fraction of sp³-hybridized carbons (Fsp3) is 0.250. The van der Waals surface area contributed by atoms with Crippen molar-refractivity contribution >= 4 is 15.9 Å². The first-order valence-corrected chi connectivity index (χ1v) is 7.26. The maximum Gasteiger partial charge on any atom is 0.161 e. The maximum absolute atomic E-state index is 5.83. The van der Waals surface area contributed by atoms with Crippen LogP contribution in [0, 0.1) is 6.92 Å². The first kappa shape index (κ1) is 13.9. The van der Waals surface area contributed by atoms with E-state index >= 15 is 0 Å². The van der Waals surface area contributed by atoms with E-state index in [4.69, 9.17) is 9.47 Å². The molecule has 0 amide bonds. The monoisotopic (exact) mass is 320 g/mol. The Hall–Kier alpha value is -1.48. The van der Waals surface area contributed by atoms with Gasteiger partial charge in [-0.25, -0.2) is 0 Å². The van der Waals surface area contributed by atoms with Crippen LogP contribution in [0.2, 0.25) is 0 Å². The van der Waals surface area contributed by atoms with Crippen molar-refractivity contribution in [1.82, 2.24) is 0 Å². The van der Waals surface area contributed by atoms with Crippen LogP contribution in [0.4, 0.5) is 0 Å². The average Bonchev–Trinajstić information content (AvgIpc) is 2.45. The summed E-state index contributed by atoms with van der Waals surface area (Å²) in [7, 11) is 1.66. The first-order valence-electron chi connectivity index (χ1n) is 6.14. The van der Waals surface area contributed by atoms with Crippen LogP contribution in [0.15, 0.2) is 42.5 Å². The van der Waals surface area contributed by atoms with Crippen molar-refractivity contribution in [2.45, 2.75) is 18.9 Å². The van der Waals surface area contributed by atoms with Crippen LogP contribution in [0.25, 0.3) is 0 Å². The second kappa shape index (κ2) is 6.62. The van der Waals surface area contributed by atoms with Gasteiger partial charge < -0.3 is 9.47 Å². The number of methoxy groups -OCH3 is 1. The Bertz CT molecular complexity index is 552. The van der Waals surface area contributed by atoms with E-state index in [-0.39, 0.29) is 0 Å². The number of ether oxygens (including phenoxy) is 2. The second-order valence-corrected chi connectivity index (χ2v) is 4.96. The van der Waals surface area contributed by atoms with E-state index in [0.29, 0.717) is 6.61 Å². The van der Waals surface area contributed by atoms with E-state index < -0.39 is 0 Å². The molecule has 0 saturated heterocycles. The minimum atomic E-state index is 0.547. The van der Waals surface area contributed by atoms with E-state index in [0.717, 1.165) is 22.4 Å². The topological polar surface area (TPSA) is 18.5 Å². The second-order valence-electron chi connectivity index (χ2n) is 4.40. The summed E-state index contributed by atoms with van der Waals surface area (Å²) in [6, 6.07) is 14.3. The summed E-state index contributed by atoms with van der Waals surface area (Å²) in [5.41, 5.74) is 3.56. The standard InChI is InChI=1S/C16H17BrO2/c1-12-4-3-5-14(8-12)11-19-15-7-6-13(10-17)9-16(15)18-2/h3-9H,10-11H2,1-2H3. The molecule has 0 aliphatic carbocycles. The molecule has 0 N–H and O–H groups in total. The zero-order valence-electron chi connectivity index (χ0n) is 11.2. The Morgan fingerprint density at radius 2 is 1.84 bits per heavy atom. The number of aryl methyl sites for hydroxylation is 1. The smallest absolute Gasteiger partial charge is 0.161 e. The third-order valence-corrected chi connectivity index (χ3v) is 3.51. The van der Waals surface area contributed by atoms with Crippen molar-refractivity contribution in [2.75, 3.05) is 7.11 Å². The number of alkyl halides is 1. The molecule has 0 aliphatic heterocycles. The summed E-state index contributed by atoms with van der Waals surface area (Å²) in [4.78, 5) is 0. The van der Waals surface area contributed by atoms with Gasteiger partial charge in [0.05, 0.1) is 7.11 Å². The van der Waals surface area contributed by atoms with Gasteiger partial charge in [-0.2, -0.15) is 0 Å². The summed E-state index contributed by atoms with van der Waals surface area (Å²) in [5, 5.41) is 0.807. The van der Waals surface area contributed by atoms with Gasteiger partial charge in [-0.15, -0.1) is 0 Å². The Morgan fingerprint density at radius 3 is 2.53 bits per heavy atom. The highest BCUT2D eigenvalue weighted by Crippen LogP contribution is 2.29. The van der Waals surface area contributed by atoms with Crippen LogP contribution in [-0.2, 0) is 11.9 Å². The van der Waals surface area contributed by atoms with Crippen LogP contribution < -0.4 is 9.47 Å². The molecular formula is C16H17BrO2. The normalized spacial score (nSPS) is 10.3. The van der Waals surface area contributed by atoms with Gasteiger partial charge >= 0.3 is 0 Å². The molecule has 2 aromatic rings. The summed E-state index contributed by atoms with van der Waals surface area (Å²) in [6.45, 7) is 2.63. The van der Waals surface area contributed by atoms with Crippen molar-refractivity contribution in [3.63, 3.8) is 0 Å². The summed E-state index contributed by atoms with van der Waals surface area (Å²) < 4.78 is 11.2. The summed E-state index contributed by atoms with van der Waals surface area (Å²) >= 11 is 3.43. The molecule has 100 valence electrons. The van der Waals surface area contributed by atoms with Gasteiger partial charge in [0.1, 0.15) is 6.61 Å². The van der Waals surface area contributed by atoms with Crippen molar-refractivity contribution in [1.29, 1.82) is 0 Å². The van der Waals surface area contributed by atoms with E-state index in [1.54, 1.807) is 7.11 Å². The van der Waals surface area contributed by atoms with Crippen LogP contribution in [0.1, 0.15) is 16.7 Å². The highest BCUT2D eigenvalue weighted by atomic mass is 79.9. The number of benzene rings is 2. The van der Waals surface area contributed by atoms with Gasteiger partial charge in [-0.1, -0.05) is 51.8 Å². The van der Waals surface area contributed by atoms with E-state index in [9.17, 15) is 0 Å². The van der Waals surface area contributed by atoms with Crippen LogP contribution in [-0.4, -0.2) is 7.11 Å². The van der Waals surface area contributed by atoms with Crippen LogP contribution in [0.3, 0.4) is 0 Å². The molecule has 0 radical (unpaired) electrons. The van der Waals surface area contributed by atoms with Crippen molar-refractivity contribution in [3.05, 3.63) is 59.2 Å². The Balaban J connectivity index is 2.11. The highest BCUT2D eigenvalue weighted by Gasteiger charge is 2.05. The molecule has 0 aliphatic rings. The van der Waals surface area contributed by atoms with E-state index in [2.05, 4.69) is 41.1 Å². The SMILES string of the molecule is COc1cc(CBr)ccc1OCc1cccc(C)c1. The molecule has 0 saturated carbocycles. The zero-order valence-corrected chi connectivity index (χ0v) is 12.7. The van der Waals surface area contributed by atoms with Gasteiger partial charge in [-0.05, 0) is 30.2 Å². The number of hydrogen-bond acceptors (Lipinski definition) is 2. The van der Waals surface area contributed by atoms with Crippen LogP contribution >= 0.6 is 15.9 Å². The largest absolute Gasteiger partial charge is 0.493 e. The van der Waals surface area contributed by atoms with Gasteiger partial charge in [0.2, 0.25) is 0 Å². The summed E-state index contributed by atoms with van der Waals surface area (Å²) in [6.07, 6.45) is 0. The zero-order chi connectivity index (χ0) is 13.7. The third kappa shape index (κ3) is 3.74. The molecule has 2 rings (SSSR count). The van der Waals surface area contributed by atoms with Crippen molar-refractivity contribution in [2.24, 2.45) is 0 Å². The van der Waals surface area contributed by atoms with E-state index in [1.165, 1.54) is 11.1 Å². The molecule has 0 fully saturated rings. The van der Waals surface area contributed by atoms with Gasteiger partial charge in [0.15, 0.2) is 11.5 Å². The quantitative estimate of drug-likeness (QED) is 0.756. The minimum absolute atomic E-state index is 0.547. The molecule has 0 heterocycles. The fourth-order valence-corrected chi connectivity index (χ4v) is 2.23. The van der Waals surface area contributed by atoms with E-state index in [1.807, 2.05) is 24.3 Å². The Morgan fingerprint density at radius 1 is 1.00 bits per heavy atom. The molecule has 0 unspecified atom stereocenters. The van der Waals surface area contributed by atoms with Gasteiger partial charge in [0, 0.05) is 5.33 Å². The lowest BCUT2D eigenvalue weighted by Gasteiger charge is -2.12.